The van der Waals surface area contributed by atoms with Crippen LogP contribution in [-0.2, 0) is 4.79 Å². The Balaban J connectivity index is 2.17. The van der Waals surface area contributed by atoms with Gasteiger partial charge in [-0.05, 0) is 18.6 Å². The summed E-state index contributed by atoms with van der Waals surface area (Å²) >= 11 is 0. The summed E-state index contributed by atoms with van der Waals surface area (Å²) in [6.07, 6.45) is -0.135. The second-order valence-corrected chi connectivity index (χ2v) is 5.44. The second kappa shape index (κ2) is 5.72. The number of benzene rings is 1. The van der Waals surface area contributed by atoms with E-state index in [1.165, 1.54) is 17.0 Å². The van der Waals surface area contributed by atoms with Crippen molar-refractivity contribution < 1.29 is 24.7 Å². The number of hydrogen-bond donors (Lipinski definition) is 2. The molecule has 1 heterocycles. The summed E-state index contributed by atoms with van der Waals surface area (Å²) in [7, 11) is 0. The molecule has 2 rings (SSSR count). The zero-order valence-electron chi connectivity index (χ0n) is 12.0. The molecule has 0 saturated carbocycles. The minimum absolute atomic E-state index is 0.0675. The van der Waals surface area contributed by atoms with E-state index in [9.17, 15) is 24.8 Å². The van der Waals surface area contributed by atoms with Crippen molar-refractivity contribution in [2.45, 2.75) is 25.4 Å². The minimum atomic E-state index is -1.81. The third-order valence-corrected chi connectivity index (χ3v) is 3.80. The molecule has 0 radical (unpaired) electrons. The highest BCUT2D eigenvalue weighted by Crippen LogP contribution is 2.25. The number of hydrogen-bond acceptors (Lipinski definition) is 5. The molecule has 8 heteroatoms. The topological polar surface area (TPSA) is 121 Å². The van der Waals surface area contributed by atoms with E-state index in [2.05, 4.69) is 0 Å². The lowest BCUT2D eigenvalue weighted by Gasteiger charge is -2.35. The highest BCUT2D eigenvalue weighted by molar-refractivity contribution is 5.95. The molecule has 118 valence electrons. The fraction of sp³-hybridized carbons (Fsp3) is 0.429. The zero-order chi connectivity index (χ0) is 16.5. The summed E-state index contributed by atoms with van der Waals surface area (Å²) in [4.78, 5) is 35.0. The van der Waals surface area contributed by atoms with E-state index in [0.717, 1.165) is 0 Å². The summed E-state index contributed by atoms with van der Waals surface area (Å²) in [5.41, 5.74) is -1.19. The van der Waals surface area contributed by atoms with Crippen LogP contribution in [0.3, 0.4) is 0 Å². The van der Waals surface area contributed by atoms with E-state index in [-0.39, 0.29) is 37.2 Å². The molecule has 22 heavy (non-hydrogen) atoms. The summed E-state index contributed by atoms with van der Waals surface area (Å²) in [5.74, 6) is -1.70. The molecule has 2 N–H and O–H groups in total. The van der Waals surface area contributed by atoms with Gasteiger partial charge in [-0.25, -0.2) is 4.79 Å². The lowest BCUT2D eigenvalue weighted by Crippen LogP contribution is -2.50. The van der Waals surface area contributed by atoms with Crippen LogP contribution in [0.1, 0.15) is 28.8 Å². The smallest absolute Gasteiger partial charge is 0.335 e. The van der Waals surface area contributed by atoms with Gasteiger partial charge < -0.3 is 15.1 Å². The van der Waals surface area contributed by atoms with Gasteiger partial charge in [-0.15, -0.1) is 0 Å². The van der Waals surface area contributed by atoms with E-state index >= 15 is 0 Å². The van der Waals surface area contributed by atoms with Crippen LogP contribution in [0.4, 0.5) is 5.69 Å². The minimum Gasteiger partial charge on any atom is -0.479 e. The molecule has 1 aromatic rings. The van der Waals surface area contributed by atoms with E-state index in [4.69, 9.17) is 5.11 Å². The van der Waals surface area contributed by atoms with Gasteiger partial charge in [0.25, 0.3) is 11.6 Å². The molecule has 8 nitrogen and oxygen atoms in total. The van der Waals surface area contributed by atoms with E-state index in [1.54, 1.807) is 13.0 Å². The quantitative estimate of drug-likeness (QED) is 0.633. The van der Waals surface area contributed by atoms with Crippen molar-refractivity contribution in [2.75, 3.05) is 13.1 Å². The Bertz CT molecular complexity index is 634. The standard InChI is InChI=1S/C14H16N2O6/c1-9-6-10(8-11(7-9)16(21)22)12(17)15-4-2-14(20,3-5-15)13(18)19/h6-8,20H,2-5H2,1H3,(H,18,19). The first-order chi connectivity index (χ1) is 10.2. The number of nitro benzene ring substituents is 1. The van der Waals surface area contributed by atoms with Crippen LogP contribution in [0.25, 0.3) is 0 Å². The van der Waals surface area contributed by atoms with Crippen molar-refractivity contribution in [2.24, 2.45) is 0 Å². The highest BCUT2D eigenvalue weighted by atomic mass is 16.6. The number of aliphatic carboxylic acids is 1. The molecule has 0 aliphatic carbocycles. The van der Waals surface area contributed by atoms with Crippen molar-refractivity contribution in [3.63, 3.8) is 0 Å². The molecule has 0 unspecified atom stereocenters. The molecule has 1 aliphatic rings. The predicted molar refractivity (Wildman–Crippen MR) is 75.6 cm³/mol. The number of amides is 1. The lowest BCUT2D eigenvalue weighted by atomic mass is 9.91. The molecule has 1 saturated heterocycles. The molecular weight excluding hydrogens is 292 g/mol. The fourth-order valence-electron chi connectivity index (χ4n) is 2.47. The lowest BCUT2D eigenvalue weighted by molar-refractivity contribution is -0.384. The third-order valence-electron chi connectivity index (χ3n) is 3.80. The molecule has 0 atom stereocenters. The highest BCUT2D eigenvalue weighted by Gasteiger charge is 2.40. The van der Waals surface area contributed by atoms with Crippen LogP contribution in [-0.4, -0.2) is 50.6 Å². The van der Waals surface area contributed by atoms with Crippen LogP contribution in [0.2, 0.25) is 0 Å². The number of aryl methyl sites for hydroxylation is 1. The monoisotopic (exact) mass is 308 g/mol. The normalized spacial score (nSPS) is 17.1. The summed E-state index contributed by atoms with van der Waals surface area (Å²) < 4.78 is 0. The van der Waals surface area contributed by atoms with Gasteiger partial charge in [0, 0.05) is 43.6 Å². The fourth-order valence-corrected chi connectivity index (χ4v) is 2.47. The molecule has 1 aliphatic heterocycles. The van der Waals surface area contributed by atoms with Gasteiger partial charge in [0.2, 0.25) is 0 Å². The third kappa shape index (κ3) is 3.06. The summed E-state index contributed by atoms with van der Waals surface area (Å²) in [5, 5.41) is 29.6. The van der Waals surface area contributed by atoms with Crippen LogP contribution in [0.15, 0.2) is 18.2 Å². The number of carboxylic acids is 1. The Hall–Kier alpha value is -2.48. The SMILES string of the molecule is Cc1cc(C(=O)N2CCC(O)(C(=O)O)CC2)cc([N+](=O)[O-])c1. The van der Waals surface area contributed by atoms with Gasteiger partial charge in [0.15, 0.2) is 5.60 Å². The van der Waals surface area contributed by atoms with Gasteiger partial charge in [0.1, 0.15) is 0 Å². The summed E-state index contributed by atoms with van der Waals surface area (Å²) in [6.45, 7) is 1.83. The number of carbonyl (C=O) groups is 2. The van der Waals surface area contributed by atoms with Crippen molar-refractivity contribution in [1.82, 2.24) is 4.90 Å². The first-order valence-electron chi connectivity index (χ1n) is 6.74. The Morgan fingerprint density at radius 3 is 2.36 bits per heavy atom. The van der Waals surface area contributed by atoms with Crippen molar-refractivity contribution in [3.8, 4) is 0 Å². The number of nitrogens with zero attached hydrogens (tertiary/aromatic N) is 2. The molecule has 0 spiro atoms. The number of nitro groups is 1. The van der Waals surface area contributed by atoms with Crippen LogP contribution in [0.5, 0.6) is 0 Å². The molecule has 0 bridgehead atoms. The predicted octanol–water partition coefficient (Wildman–Crippen LogP) is 0.955. The number of piperidine rings is 1. The Morgan fingerprint density at radius 1 is 1.27 bits per heavy atom. The Morgan fingerprint density at radius 2 is 1.86 bits per heavy atom. The zero-order valence-corrected chi connectivity index (χ0v) is 12.0. The molecule has 1 amide bonds. The van der Waals surface area contributed by atoms with Crippen LogP contribution < -0.4 is 0 Å². The first kappa shape index (κ1) is 15.9. The van der Waals surface area contributed by atoms with Crippen LogP contribution in [0, 0.1) is 17.0 Å². The maximum atomic E-state index is 12.4. The van der Waals surface area contributed by atoms with Gasteiger partial charge in [0.05, 0.1) is 4.92 Å². The average Bonchev–Trinajstić information content (AvgIpc) is 2.46. The maximum absolute atomic E-state index is 12.4. The van der Waals surface area contributed by atoms with Gasteiger partial charge in [-0.3, -0.25) is 14.9 Å². The van der Waals surface area contributed by atoms with Crippen molar-refractivity contribution >= 4 is 17.6 Å². The van der Waals surface area contributed by atoms with E-state index in [0.29, 0.717) is 5.56 Å². The molecular formula is C14H16N2O6. The number of carbonyl (C=O) groups excluding carboxylic acids is 1. The number of non-ortho nitro benzene ring substituents is 1. The molecule has 1 fully saturated rings. The van der Waals surface area contributed by atoms with Crippen molar-refractivity contribution in [3.05, 3.63) is 39.4 Å². The maximum Gasteiger partial charge on any atom is 0.335 e. The number of carboxylic acid groups (broad SMARTS) is 1. The number of likely N-dealkylation sites (tertiary alicyclic amines) is 1. The van der Waals surface area contributed by atoms with Crippen molar-refractivity contribution in [1.29, 1.82) is 0 Å². The van der Waals surface area contributed by atoms with E-state index < -0.39 is 22.4 Å². The van der Waals surface area contributed by atoms with Gasteiger partial charge >= 0.3 is 5.97 Å². The largest absolute Gasteiger partial charge is 0.479 e. The van der Waals surface area contributed by atoms with Gasteiger partial charge in [-0.2, -0.15) is 0 Å². The molecule has 0 aromatic heterocycles. The van der Waals surface area contributed by atoms with Crippen LogP contribution >= 0.6 is 0 Å². The number of rotatable bonds is 3. The average molecular weight is 308 g/mol. The second-order valence-electron chi connectivity index (χ2n) is 5.44. The Labute approximate surface area is 126 Å². The van der Waals surface area contributed by atoms with Gasteiger partial charge in [-0.1, -0.05) is 0 Å². The summed E-state index contributed by atoms with van der Waals surface area (Å²) in [6, 6.07) is 4.12. The van der Waals surface area contributed by atoms with E-state index in [1.807, 2.05) is 0 Å². The Kier molecular flexibility index (Phi) is 4.14. The first-order valence-corrected chi connectivity index (χ1v) is 6.74. The molecule has 1 aromatic carbocycles. The number of aliphatic hydroxyl groups is 1.